The number of carbonyl (C=O) groups is 1. The highest BCUT2D eigenvalue weighted by molar-refractivity contribution is 6.29. The van der Waals surface area contributed by atoms with Crippen molar-refractivity contribution in [2.24, 2.45) is 0 Å². The second-order valence-corrected chi connectivity index (χ2v) is 4.94. The van der Waals surface area contributed by atoms with Crippen LogP contribution in [-0.2, 0) is 13.0 Å². The van der Waals surface area contributed by atoms with Crippen molar-refractivity contribution in [3.63, 3.8) is 0 Å². The lowest BCUT2D eigenvalue weighted by Gasteiger charge is -2.19. The molecule has 0 saturated carbocycles. The van der Waals surface area contributed by atoms with Crippen molar-refractivity contribution >= 4 is 23.3 Å². The van der Waals surface area contributed by atoms with Crippen LogP contribution in [0.1, 0.15) is 21.5 Å². The Morgan fingerprint density at radius 1 is 1.35 bits per heavy atom. The lowest BCUT2D eigenvalue weighted by atomic mass is 9.95. The number of aromatic nitrogens is 2. The summed E-state index contributed by atoms with van der Waals surface area (Å²) in [5, 5.41) is 6.35. The molecule has 3 rings (SSSR count). The monoisotopic (exact) mass is 288 g/mol. The van der Waals surface area contributed by atoms with E-state index < -0.39 is 0 Å². The van der Waals surface area contributed by atoms with E-state index in [1.165, 1.54) is 18.0 Å². The van der Waals surface area contributed by atoms with E-state index in [-0.39, 0.29) is 5.91 Å². The maximum absolute atomic E-state index is 12.4. The molecule has 1 aliphatic heterocycles. The molecule has 102 valence electrons. The lowest BCUT2D eigenvalue weighted by molar-refractivity contribution is 0.102. The van der Waals surface area contributed by atoms with Crippen LogP contribution in [0.3, 0.4) is 0 Å². The normalized spacial score (nSPS) is 13.7. The molecule has 6 heteroatoms. The summed E-state index contributed by atoms with van der Waals surface area (Å²) >= 11 is 5.78. The number of nitrogens with zero attached hydrogens (tertiary/aromatic N) is 2. The van der Waals surface area contributed by atoms with Gasteiger partial charge in [0.15, 0.2) is 0 Å². The van der Waals surface area contributed by atoms with Gasteiger partial charge in [-0.3, -0.25) is 4.79 Å². The highest BCUT2D eigenvalue weighted by Crippen LogP contribution is 2.20. The molecule has 0 radical (unpaired) electrons. The first kappa shape index (κ1) is 13.0. The lowest BCUT2D eigenvalue weighted by Crippen LogP contribution is -2.26. The maximum atomic E-state index is 12.4. The summed E-state index contributed by atoms with van der Waals surface area (Å²) in [5.41, 5.74) is 2.97. The van der Waals surface area contributed by atoms with Gasteiger partial charge in [-0.15, -0.1) is 0 Å². The highest BCUT2D eigenvalue weighted by Gasteiger charge is 2.17. The van der Waals surface area contributed by atoms with Gasteiger partial charge in [0.05, 0.1) is 0 Å². The van der Waals surface area contributed by atoms with Crippen LogP contribution in [0.25, 0.3) is 0 Å². The SMILES string of the molecule is O=C(Nc1cc(Cl)ncn1)c1cccc2c1CCNC2. The van der Waals surface area contributed by atoms with Crippen LogP contribution in [0.2, 0.25) is 5.15 Å². The molecule has 2 N–H and O–H groups in total. The molecule has 0 atom stereocenters. The van der Waals surface area contributed by atoms with E-state index in [0.29, 0.717) is 16.5 Å². The standard InChI is InChI=1S/C14H13ClN4O/c15-12-6-13(18-8-17-12)19-14(20)11-3-1-2-9-7-16-5-4-10(9)11/h1-3,6,8,16H,4-5,7H2,(H,17,18,19,20). The molecule has 20 heavy (non-hydrogen) atoms. The predicted molar refractivity (Wildman–Crippen MR) is 76.8 cm³/mol. The minimum atomic E-state index is -0.168. The van der Waals surface area contributed by atoms with Gasteiger partial charge < -0.3 is 10.6 Å². The van der Waals surface area contributed by atoms with Crippen LogP contribution in [0.15, 0.2) is 30.6 Å². The number of nitrogens with one attached hydrogen (secondary N) is 2. The summed E-state index contributed by atoms with van der Waals surface area (Å²) in [5.74, 6) is 0.236. The fourth-order valence-electron chi connectivity index (χ4n) is 2.33. The van der Waals surface area contributed by atoms with Crippen molar-refractivity contribution in [1.82, 2.24) is 15.3 Å². The summed E-state index contributed by atoms with van der Waals surface area (Å²) in [6.45, 7) is 1.69. The summed E-state index contributed by atoms with van der Waals surface area (Å²) in [7, 11) is 0. The first-order valence-corrected chi connectivity index (χ1v) is 6.72. The van der Waals surface area contributed by atoms with E-state index in [4.69, 9.17) is 11.6 Å². The second kappa shape index (κ2) is 5.56. The molecule has 2 heterocycles. The van der Waals surface area contributed by atoms with E-state index in [1.54, 1.807) is 0 Å². The Kier molecular flexibility index (Phi) is 3.62. The van der Waals surface area contributed by atoms with Gasteiger partial charge in [0.2, 0.25) is 0 Å². The van der Waals surface area contributed by atoms with Gasteiger partial charge >= 0.3 is 0 Å². The van der Waals surface area contributed by atoms with E-state index in [0.717, 1.165) is 25.1 Å². The average Bonchev–Trinajstić information content (AvgIpc) is 2.46. The smallest absolute Gasteiger partial charge is 0.257 e. The molecule has 1 aliphatic rings. The number of fused-ring (bicyclic) bond motifs is 1. The average molecular weight is 289 g/mol. The molecular weight excluding hydrogens is 276 g/mol. The zero-order chi connectivity index (χ0) is 13.9. The Bertz CT molecular complexity index is 659. The van der Waals surface area contributed by atoms with Crippen molar-refractivity contribution in [2.45, 2.75) is 13.0 Å². The molecule has 0 bridgehead atoms. The minimum Gasteiger partial charge on any atom is -0.312 e. The van der Waals surface area contributed by atoms with Gasteiger partial charge in [-0.25, -0.2) is 9.97 Å². The van der Waals surface area contributed by atoms with Crippen LogP contribution in [0, 0.1) is 0 Å². The number of anilines is 1. The van der Waals surface area contributed by atoms with E-state index >= 15 is 0 Å². The fraction of sp³-hybridized carbons (Fsp3) is 0.214. The number of rotatable bonds is 2. The van der Waals surface area contributed by atoms with Gasteiger partial charge in [-0.05, 0) is 30.2 Å². The zero-order valence-corrected chi connectivity index (χ0v) is 11.4. The van der Waals surface area contributed by atoms with E-state index in [2.05, 4.69) is 20.6 Å². The quantitative estimate of drug-likeness (QED) is 0.830. The molecule has 0 spiro atoms. The van der Waals surface area contributed by atoms with Crippen molar-refractivity contribution in [3.05, 3.63) is 52.4 Å². The molecule has 0 unspecified atom stereocenters. The van der Waals surface area contributed by atoms with Gasteiger partial charge in [-0.1, -0.05) is 23.7 Å². The topological polar surface area (TPSA) is 66.9 Å². The Labute approximate surface area is 121 Å². The highest BCUT2D eigenvalue weighted by atomic mass is 35.5. The van der Waals surface area contributed by atoms with Crippen LogP contribution in [0.4, 0.5) is 5.82 Å². The first-order chi connectivity index (χ1) is 9.74. The van der Waals surface area contributed by atoms with Gasteiger partial charge in [-0.2, -0.15) is 0 Å². The molecule has 1 aromatic heterocycles. The van der Waals surface area contributed by atoms with Crippen LogP contribution in [0.5, 0.6) is 0 Å². The molecule has 1 amide bonds. The maximum Gasteiger partial charge on any atom is 0.257 e. The number of hydrogen-bond acceptors (Lipinski definition) is 4. The van der Waals surface area contributed by atoms with Crippen LogP contribution < -0.4 is 10.6 Å². The van der Waals surface area contributed by atoms with Crippen molar-refractivity contribution in [2.75, 3.05) is 11.9 Å². The third kappa shape index (κ3) is 2.64. The third-order valence-electron chi connectivity index (χ3n) is 3.26. The first-order valence-electron chi connectivity index (χ1n) is 6.34. The molecule has 2 aromatic rings. The predicted octanol–water partition coefficient (Wildman–Crippen LogP) is 2.03. The molecule has 0 saturated heterocycles. The van der Waals surface area contributed by atoms with E-state index in [9.17, 15) is 4.79 Å². The third-order valence-corrected chi connectivity index (χ3v) is 3.47. The van der Waals surface area contributed by atoms with Gasteiger partial charge in [0.1, 0.15) is 17.3 Å². The van der Waals surface area contributed by atoms with Crippen LogP contribution >= 0.6 is 11.6 Å². The van der Waals surface area contributed by atoms with Crippen molar-refractivity contribution < 1.29 is 4.79 Å². The van der Waals surface area contributed by atoms with Gasteiger partial charge in [0.25, 0.3) is 5.91 Å². The summed E-state index contributed by atoms with van der Waals surface area (Å²) in [4.78, 5) is 20.1. The molecule has 0 aliphatic carbocycles. The van der Waals surface area contributed by atoms with Crippen LogP contribution in [-0.4, -0.2) is 22.4 Å². The summed E-state index contributed by atoms with van der Waals surface area (Å²) in [6, 6.07) is 7.30. The molecular formula is C14H13ClN4O. The Balaban J connectivity index is 1.88. The Morgan fingerprint density at radius 2 is 2.25 bits per heavy atom. The zero-order valence-electron chi connectivity index (χ0n) is 10.7. The Hall–Kier alpha value is -1.98. The molecule has 5 nitrogen and oxygen atoms in total. The number of benzene rings is 1. The van der Waals surface area contributed by atoms with Crippen molar-refractivity contribution in [3.8, 4) is 0 Å². The minimum absolute atomic E-state index is 0.168. The second-order valence-electron chi connectivity index (χ2n) is 4.55. The van der Waals surface area contributed by atoms with Crippen molar-refractivity contribution in [1.29, 1.82) is 0 Å². The summed E-state index contributed by atoms with van der Waals surface area (Å²) in [6.07, 6.45) is 2.17. The Morgan fingerprint density at radius 3 is 3.10 bits per heavy atom. The number of amides is 1. The summed E-state index contributed by atoms with van der Waals surface area (Å²) < 4.78 is 0. The molecule has 0 fully saturated rings. The number of carbonyl (C=O) groups excluding carboxylic acids is 1. The van der Waals surface area contributed by atoms with E-state index in [1.807, 2.05) is 18.2 Å². The number of halogens is 1. The molecule has 1 aromatic carbocycles. The largest absolute Gasteiger partial charge is 0.312 e. The number of hydrogen-bond donors (Lipinski definition) is 2. The van der Waals surface area contributed by atoms with Gasteiger partial charge in [0, 0.05) is 18.2 Å². The fourth-order valence-corrected chi connectivity index (χ4v) is 2.48.